The number of hydrogen-bond acceptors (Lipinski definition) is 4. The Morgan fingerprint density at radius 3 is 2.48 bits per heavy atom. The molecule has 6 nitrogen and oxygen atoms in total. The predicted molar refractivity (Wildman–Crippen MR) is 69.2 cm³/mol. The summed E-state index contributed by atoms with van der Waals surface area (Å²) in [5.41, 5.74) is -2.52. The number of nitrogens with zero attached hydrogens (tertiary/aromatic N) is 1. The van der Waals surface area contributed by atoms with Gasteiger partial charge in [-0.2, -0.15) is 13.2 Å². The van der Waals surface area contributed by atoms with E-state index in [-0.39, 0.29) is 6.54 Å². The smallest absolute Gasteiger partial charge is 0.422 e. The summed E-state index contributed by atoms with van der Waals surface area (Å²) in [7, 11) is 0. The van der Waals surface area contributed by atoms with Crippen LogP contribution in [0, 0.1) is 6.92 Å². The number of aromatic nitrogens is 1. The monoisotopic (exact) mass is 325 g/mol. The third-order valence-corrected chi connectivity index (χ3v) is 3.68. The van der Waals surface area contributed by atoms with Crippen molar-refractivity contribution in [1.82, 2.24) is 15.6 Å². The summed E-state index contributed by atoms with van der Waals surface area (Å²) in [4.78, 5) is 26.3. The van der Waals surface area contributed by atoms with Gasteiger partial charge in [0, 0.05) is 24.0 Å². The molecule has 3 N–H and O–H groups in total. The van der Waals surface area contributed by atoms with Crippen molar-refractivity contribution < 1.29 is 27.9 Å². The molecule has 0 aliphatic carbocycles. The Morgan fingerprint density at radius 2 is 2.05 bits per heavy atom. The number of halogens is 3. The summed E-state index contributed by atoms with van der Waals surface area (Å²) in [6.07, 6.45) is -4.76. The van der Waals surface area contributed by atoms with Gasteiger partial charge in [-0.05, 0) is 13.8 Å². The van der Waals surface area contributed by atoms with Crippen molar-refractivity contribution in [1.29, 1.82) is 0 Å². The van der Waals surface area contributed by atoms with Gasteiger partial charge in [0.2, 0.25) is 5.54 Å². The second-order valence-corrected chi connectivity index (χ2v) is 5.38. The van der Waals surface area contributed by atoms with Crippen LogP contribution in [-0.2, 0) is 11.2 Å². The summed E-state index contributed by atoms with van der Waals surface area (Å²) in [5.74, 6) is -2.18. The zero-order chi connectivity index (χ0) is 16.3. The van der Waals surface area contributed by atoms with Gasteiger partial charge in [0.25, 0.3) is 0 Å². The highest BCUT2D eigenvalue weighted by Gasteiger charge is 2.58. The molecule has 0 radical (unpaired) electrons. The van der Waals surface area contributed by atoms with E-state index in [0.29, 0.717) is 13.3 Å². The lowest BCUT2D eigenvalue weighted by Gasteiger charge is -2.28. The fraction of sp³-hybridized carbons (Fsp3) is 0.545. The van der Waals surface area contributed by atoms with Gasteiger partial charge in [0.05, 0.1) is 5.01 Å². The molecule has 118 valence electrons. The van der Waals surface area contributed by atoms with Gasteiger partial charge >= 0.3 is 18.2 Å². The number of alkyl halides is 3. The van der Waals surface area contributed by atoms with Crippen LogP contribution in [0.15, 0.2) is 5.38 Å². The van der Waals surface area contributed by atoms with Crippen molar-refractivity contribution in [2.45, 2.75) is 32.0 Å². The minimum Gasteiger partial charge on any atom is -0.479 e. The summed E-state index contributed by atoms with van der Waals surface area (Å²) in [6, 6.07) is -1.20. The number of aryl methyl sites for hydroxylation is 1. The molecule has 1 atom stereocenters. The Balaban J connectivity index is 2.54. The number of rotatable bonds is 5. The Hall–Kier alpha value is -1.84. The Bertz CT molecular complexity index is 532. The van der Waals surface area contributed by atoms with Crippen LogP contribution in [0.1, 0.15) is 17.6 Å². The first kappa shape index (κ1) is 17.2. The number of thiazole rings is 1. The predicted octanol–water partition coefficient (Wildman–Crippen LogP) is 1.70. The fourth-order valence-corrected chi connectivity index (χ4v) is 2.09. The van der Waals surface area contributed by atoms with Gasteiger partial charge in [-0.15, -0.1) is 11.3 Å². The third-order valence-electron chi connectivity index (χ3n) is 2.65. The van der Waals surface area contributed by atoms with E-state index in [9.17, 15) is 22.8 Å². The molecule has 0 fully saturated rings. The molecule has 0 saturated carbocycles. The molecule has 1 aromatic rings. The van der Waals surface area contributed by atoms with Crippen molar-refractivity contribution >= 4 is 23.3 Å². The molecule has 0 aromatic carbocycles. The number of carboxylic acids is 1. The summed E-state index contributed by atoms with van der Waals surface area (Å²) in [6.45, 7) is 2.23. The average Bonchev–Trinajstić information content (AvgIpc) is 2.73. The van der Waals surface area contributed by atoms with E-state index in [1.54, 1.807) is 12.3 Å². The van der Waals surface area contributed by atoms with Gasteiger partial charge in [-0.1, -0.05) is 0 Å². The average molecular weight is 325 g/mol. The second-order valence-electron chi connectivity index (χ2n) is 4.44. The largest absolute Gasteiger partial charge is 0.479 e. The maximum Gasteiger partial charge on any atom is 0.422 e. The van der Waals surface area contributed by atoms with Gasteiger partial charge in [-0.25, -0.2) is 14.6 Å². The van der Waals surface area contributed by atoms with E-state index in [0.717, 1.165) is 10.7 Å². The molecule has 2 amide bonds. The minimum atomic E-state index is -5.11. The molecule has 1 heterocycles. The number of aliphatic carboxylic acids is 1. The first-order valence-electron chi connectivity index (χ1n) is 5.83. The standard InChI is InChI=1S/C11H14F3N3O3S/c1-6-5-21-7(16-6)3-4-15-9(20)17-10(2,8(18)19)11(12,13)14/h5H,3-4H2,1-2H3,(H,18,19)(H2,15,17,20). The van der Waals surface area contributed by atoms with Crippen LogP contribution in [-0.4, -0.2) is 40.4 Å². The molecule has 0 aliphatic heterocycles. The summed E-state index contributed by atoms with van der Waals surface area (Å²) < 4.78 is 38.0. The van der Waals surface area contributed by atoms with Crippen molar-refractivity contribution in [3.05, 3.63) is 16.1 Å². The van der Waals surface area contributed by atoms with Gasteiger partial charge in [0.15, 0.2) is 0 Å². The number of carbonyl (C=O) groups is 2. The first-order chi connectivity index (χ1) is 9.56. The van der Waals surface area contributed by atoms with Gasteiger partial charge in [-0.3, -0.25) is 0 Å². The second kappa shape index (κ2) is 6.29. The highest BCUT2D eigenvalue weighted by molar-refractivity contribution is 7.09. The molecular weight excluding hydrogens is 311 g/mol. The van der Waals surface area contributed by atoms with Crippen LogP contribution in [0.3, 0.4) is 0 Å². The molecule has 1 rings (SSSR count). The first-order valence-corrected chi connectivity index (χ1v) is 6.71. The van der Waals surface area contributed by atoms with Crippen molar-refractivity contribution in [2.24, 2.45) is 0 Å². The minimum absolute atomic E-state index is 0.0480. The SMILES string of the molecule is Cc1csc(CCNC(=O)NC(C)(C(=O)O)C(F)(F)F)n1. The number of nitrogens with one attached hydrogen (secondary N) is 2. The Labute approximate surface area is 122 Å². The fourth-order valence-electron chi connectivity index (χ4n) is 1.32. The maximum absolute atomic E-state index is 12.7. The molecular formula is C11H14F3N3O3S. The van der Waals surface area contributed by atoms with Crippen LogP contribution in [0.2, 0.25) is 0 Å². The lowest BCUT2D eigenvalue weighted by molar-refractivity contribution is -0.203. The number of carbonyl (C=O) groups excluding carboxylic acids is 1. The van der Waals surface area contributed by atoms with E-state index in [4.69, 9.17) is 5.11 Å². The number of carboxylic acid groups (broad SMARTS) is 1. The van der Waals surface area contributed by atoms with E-state index in [2.05, 4.69) is 10.3 Å². The quantitative estimate of drug-likeness (QED) is 0.768. The van der Waals surface area contributed by atoms with Crippen LogP contribution >= 0.6 is 11.3 Å². The molecule has 0 saturated heterocycles. The summed E-state index contributed by atoms with van der Waals surface area (Å²) >= 11 is 1.37. The van der Waals surface area contributed by atoms with Crippen LogP contribution < -0.4 is 10.6 Å². The topological polar surface area (TPSA) is 91.3 Å². The lowest BCUT2D eigenvalue weighted by atomic mass is 10.0. The zero-order valence-corrected chi connectivity index (χ0v) is 12.1. The Kier molecular flexibility index (Phi) is 5.15. The van der Waals surface area contributed by atoms with E-state index < -0.39 is 23.7 Å². The Morgan fingerprint density at radius 1 is 1.43 bits per heavy atom. The number of urea groups is 1. The van der Waals surface area contributed by atoms with Crippen molar-refractivity contribution in [2.75, 3.05) is 6.54 Å². The van der Waals surface area contributed by atoms with E-state index >= 15 is 0 Å². The molecule has 0 bridgehead atoms. The third kappa shape index (κ3) is 4.31. The molecule has 1 unspecified atom stereocenters. The normalized spacial score (nSPS) is 14.3. The van der Waals surface area contributed by atoms with E-state index in [1.807, 2.05) is 0 Å². The molecule has 0 aliphatic rings. The van der Waals surface area contributed by atoms with Crippen LogP contribution in [0.5, 0.6) is 0 Å². The highest BCUT2D eigenvalue weighted by Crippen LogP contribution is 2.30. The lowest BCUT2D eigenvalue weighted by Crippen LogP contribution is -2.63. The summed E-state index contributed by atoms with van der Waals surface area (Å²) in [5, 5.41) is 14.8. The van der Waals surface area contributed by atoms with Gasteiger partial charge < -0.3 is 15.7 Å². The maximum atomic E-state index is 12.7. The van der Waals surface area contributed by atoms with Crippen LogP contribution in [0.4, 0.5) is 18.0 Å². The molecule has 1 aromatic heterocycles. The molecule has 0 spiro atoms. The number of amides is 2. The molecule has 10 heteroatoms. The highest BCUT2D eigenvalue weighted by atomic mass is 32.1. The van der Waals surface area contributed by atoms with Crippen molar-refractivity contribution in [3.63, 3.8) is 0 Å². The van der Waals surface area contributed by atoms with E-state index in [1.165, 1.54) is 16.7 Å². The zero-order valence-electron chi connectivity index (χ0n) is 11.2. The van der Waals surface area contributed by atoms with Gasteiger partial charge in [0.1, 0.15) is 0 Å². The van der Waals surface area contributed by atoms with Crippen LogP contribution in [0.25, 0.3) is 0 Å². The molecule has 21 heavy (non-hydrogen) atoms. The number of hydrogen-bond donors (Lipinski definition) is 3. The van der Waals surface area contributed by atoms with Crippen molar-refractivity contribution in [3.8, 4) is 0 Å².